The molecular weight excluding hydrogens is 419 g/mol. The van der Waals surface area contributed by atoms with Crippen LogP contribution < -0.4 is 10.1 Å². The number of carboxylic acid groups (broad SMARTS) is 1. The highest BCUT2D eigenvalue weighted by molar-refractivity contribution is 6.00. The van der Waals surface area contributed by atoms with Gasteiger partial charge in [0.1, 0.15) is 11.6 Å². The number of ether oxygens (including phenoxy) is 1. The molecule has 1 saturated carbocycles. The molecule has 170 valence electrons. The molecule has 32 heavy (non-hydrogen) atoms. The third-order valence-electron chi connectivity index (χ3n) is 6.14. The number of nitrogens with zero attached hydrogens (tertiary/aromatic N) is 1. The van der Waals surface area contributed by atoms with Crippen molar-refractivity contribution in [2.45, 2.75) is 45.1 Å². The number of nitro benzene ring substituents is 1. The van der Waals surface area contributed by atoms with Gasteiger partial charge in [-0.15, -0.1) is 0 Å². The van der Waals surface area contributed by atoms with Crippen molar-refractivity contribution in [1.82, 2.24) is 5.32 Å². The van der Waals surface area contributed by atoms with Crippen LogP contribution in [-0.4, -0.2) is 35.1 Å². The van der Waals surface area contributed by atoms with E-state index in [1.165, 1.54) is 37.4 Å². The topological polar surface area (TPSA) is 119 Å². The third-order valence-corrected chi connectivity index (χ3v) is 6.14. The van der Waals surface area contributed by atoms with E-state index in [-0.39, 0.29) is 11.3 Å². The molecule has 2 aromatic rings. The number of halogens is 1. The predicted molar refractivity (Wildman–Crippen MR) is 115 cm³/mol. The van der Waals surface area contributed by atoms with Crippen LogP contribution in [0, 0.1) is 21.3 Å². The maximum atomic E-state index is 14.1. The van der Waals surface area contributed by atoms with Gasteiger partial charge in [-0.2, -0.15) is 0 Å². The van der Waals surface area contributed by atoms with E-state index in [1.54, 1.807) is 6.07 Å². The second-order valence-electron chi connectivity index (χ2n) is 8.30. The van der Waals surface area contributed by atoms with Gasteiger partial charge in [0.05, 0.1) is 12.0 Å². The smallest absolute Gasteiger partial charge is 0.326 e. The average molecular weight is 444 g/mol. The Morgan fingerprint density at radius 3 is 2.34 bits per heavy atom. The highest BCUT2D eigenvalue weighted by Gasteiger charge is 2.41. The minimum absolute atomic E-state index is 0.0372. The Morgan fingerprint density at radius 1 is 1.16 bits per heavy atom. The van der Waals surface area contributed by atoms with Gasteiger partial charge in [0.25, 0.3) is 11.6 Å². The number of hydrogen-bond donors (Lipinski definition) is 2. The summed E-state index contributed by atoms with van der Waals surface area (Å²) in [6.07, 6.45) is 4.03. The van der Waals surface area contributed by atoms with Crippen molar-refractivity contribution in [3.05, 3.63) is 57.9 Å². The van der Waals surface area contributed by atoms with Gasteiger partial charge in [0, 0.05) is 6.07 Å². The van der Waals surface area contributed by atoms with Crippen LogP contribution in [-0.2, 0) is 4.79 Å². The minimum atomic E-state index is -1.17. The second kappa shape index (κ2) is 9.33. The molecule has 1 aliphatic rings. The first-order chi connectivity index (χ1) is 15.2. The Bertz CT molecular complexity index is 1050. The molecule has 3 rings (SSSR count). The Balaban J connectivity index is 1.93. The molecule has 0 spiro atoms. The van der Waals surface area contributed by atoms with Gasteiger partial charge in [0.15, 0.2) is 11.6 Å². The van der Waals surface area contributed by atoms with Crippen molar-refractivity contribution in [3.8, 4) is 16.9 Å². The highest BCUT2D eigenvalue weighted by Crippen LogP contribution is 2.39. The van der Waals surface area contributed by atoms with E-state index in [2.05, 4.69) is 5.32 Å². The molecule has 0 aliphatic heterocycles. The number of amides is 1. The molecule has 1 fully saturated rings. The number of benzene rings is 2. The molecular formula is C23H25FN2O6. The van der Waals surface area contributed by atoms with Crippen LogP contribution in [0.4, 0.5) is 10.1 Å². The summed E-state index contributed by atoms with van der Waals surface area (Å²) < 4.78 is 18.9. The molecule has 0 aromatic heterocycles. The number of rotatable bonds is 7. The van der Waals surface area contributed by atoms with Gasteiger partial charge in [0.2, 0.25) is 0 Å². The van der Waals surface area contributed by atoms with Crippen molar-refractivity contribution in [3.63, 3.8) is 0 Å². The summed E-state index contributed by atoms with van der Waals surface area (Å²) in [7, 11) is 1.33. The van der Waals surface area contributed by atoms with Gasteiger partial charge in [-0.3, -0.25) is 14.9 Å². The van der Waals surface area contributed by atoms with E-state index in [4.69, 9.17) is 4.74 Å². The first-order valence-corrected chi connectivity index (χ1v) is 10.3. The van der Waals surface area contributed by atoms with Gasteiger partial charge in [-0.1, -0.05) is 38.3 Å². The molecule has 2 N–H and O–H groups in total. The molecule has 1 aliphatic carbocycles. The van der Waals surface area contributed by atoms with Crippen molar-refractivity contribution in [2.75, 3.05) is 7.11 Å². The lowest BCUT2D eigenvalue weighted by molar-refractivity contribution is -0.385. The largest absolute Gasteiger partial charge is 0.494 e. The zero-order valence-electron chi connectivity index (χ0n) is 17.9. The van der Waals surface area contributed by atoms with E-state index < -0.39 is 39.8 Å². The average Bonchev–Trinajstić information content (AvgIpc) is 2.77. The lowest BCUT2D eigenvalue weighted by Gasteiger charge is -2.38. The molecule has 0 saturated heterocycles. The van der Waals surface area contributed by atoms with E-state index in [0.717, 1.165) is 19.3 Å². The number of carbonyl (C=O) groups is 2. The van der Waals surface area contributed by atoms with Gasteiger partial charge in [-0.25, -0.2) is 9.18 Å². The lowest BCUT2D eigenvalue weighted by atomic mass is 9.70. The minimum Gasteiger partial charge on any atom is -0.494 e. The quantitative estimate of drug-likeness (QED) is 0.477. The predicted octanol–water partition coefficient (Wildman–Crippen LogP) is 4.56. The number of nitrogens with one attached hydrogen (secondary N) is 1. The molecule has 1 atom stereocenters. The molecule has 0 heterocycles. The summed E-state index contributed by atoms with van der Waals surface area (Å²) in [5.41, 5.74) is -0.664. The zero-order chi connectivity index (χ0) is 23.5. The molecule has 1 amide bonds. The summed E-state index contributed by atoms with van der Waals surface area (Å²) in [6, 6.07) is 6.86. The zero-order valence-corrected chi connectivity index (χ0v) is 17.9. The fourth-order valence-corrected chi connectivity index (χ4v) is 4.29. The Labute approximate surface area is 184 Å². The first kappa shape index (κ1) is 23.2. The Kier molecular flexibility index (Phi) is 6.76. The van der Waals surface area contributed by atoms with E-state index in [0.29, 0.717) is 24.0 Å². The standard InChI is InChI=1S/C23H25FN2O6/c1-23(10-4-3-5-11-23)20(22(28)29)25-21(27)16-8-6-15(13-18(16)26(30)31)14-7-9-19(32-2)17(24)12-14/h6-9,12-13,20H,3-5,10-11H2,1-2H3,(H,25,27)(H,28,29)/t20-/m1/s1. The summed E-state index contributed by atoms with van der Waals surface area (Å²) in [5, 5.41) is 23.9. The summed E-state index contributed by atoms with van der Waals surface area (Å²) >= 11 is 0. The summed E-state index contributed by atoms with van der Waals surface area (Å²) in [5.74, 6) is -2.59. The van der Waals surface area contributed by atoms with Crippen molar-refractivity contribution in [1.29, 1.82) is 0 Å². The molecule has 0 radical (unpaired) electrons. The summed E-state index contributed by atoms with van der Waals surface area (Å²) in [6.45, 7) is 1.82. The van der Waals surface area contributed by atoms with Crippen LogP contribution >= 0.6 is 0 Å². The van der Waals surface area contributed by atoms with E-state index in [1.807, 2.05) is 6.92 Å². The second-order valence-corrected chi connectivity index (χ2v) is 8.30. The summed E-state index contributed by atoms with van der Waals surface area (Å²) in [4.78, 5) is 35.8. The van der Waals surface area contributed by atoms with Crippen LogP contribution in [0.15, 0.2) is 36.4 Å². The number of nitro groups is 1. The monoisotopic (exact) mass is 444 g/mol. The highest BCUT2D eigenvalue weighted by atomic mass is 19.1. The fourth-order valence-electron chi connectivity index (χ4n) is 4.29. The molecule has 8 nitrogen and oxygen atoms in total. The van der Waals surface area contributed by atoms with Crippen LogP contribution in [0.1, 0.15) is 49.4 Å². The SMILES string of the molecule is COc1ccc(-c2ccc(C(=O)N[C@H](C(=O)O)C3(C)CCCCC3)c([N+](=O)[O-])c2)cc1F. The number of hydrogen-bond acceptors (Lipinski definition) is 5. The van der Waals surface area contributed by atoms with Crippen molar-refractivity contribution < 1.29 is 28.7 Å². The Hall–Kier alpha value is -3.49. The van der Waals surface area contributed by atoms with Crippen molar-refractivity contribution in [2.24, 2.45) is 5.41 Å². The number of aliphatic carboxylic acids is 1. The van der Waals surface area contributed by atoms with E-state index in [9.17, 15) is 29.2 Å². The molecule has 9 heteroatoms. The number of carbonyl (C=O) groups excluding carboxylic acids is 1. The maximum absolute atomic E-state index is 14.1. The molecule has 0 bridgehead atoms. The van der Waals surface area contributed by atoms with Gasteiger partial charge >= 0.3 is 5.97 Å². The van der Waals surface area contributed by atoms with Crippen LogP contribution in [0.3, 0.4) is 0 Å². The fraction of sp³-hybridized carbons (Fsp3) is 0.391. The molecule has 2 aromatic carbocycles. The number of methoxy groups -OCH3 is 1. The third kappa shape index (κ3) is 4.71. The van der Waals surface area contributed by atoms with Crippen LogP contribution in [0.2, 0.25) is 0 Å². The van der Waals surface area contributed by atoms with Crippen LogP contribution in [0.5, 0.6) is 5.75 Å². The first-order valence-electron chi connectivity index (χ1n) is 10.3. The maximum Gasteiger partial charge on any atom is 0.326 e. The lowest BCUT2D eigenvalue weighted by Crippen LogP contribution is -2.52. The van der Waals surface area contributed by atoms with Crippen LogP contribution in [0.25, 0.3) is 11.1 Å². The Morgan fingerprint density at radius 2 is 1.78 bits per heavy atom. The molecule has 0 unspecified atom stereocenters. The van der Waals surface area contributed by atoms with Gasteiger partial charge in [-0.05, 0) is 47.6 Å². The van der Waals surface area contributed by atoms with Crippen molar-refractivity contribution >= 4 is 17.6 Å². The normalized spacial score (nSPS) is 16.1. The number of carboxylic acids is 1. The van der Waals surface area contributed by atoms with E-state index >= 15 is 0 Å². The van der Waals surface area contributed by atoms with Gasteiger partial charge < -0.3 is 15.2 Å².